The highest BCUT2D eigenvalue weighted by molar-refractivity contribution is 6.40. The summed E-state index contributed by atoms with van der Waals surface area (Å²) in [5.74, 6) is -2.99. The Balaban J connectivity index is 3.56. The maximum absolute atomic E-state index is 12.0. The summed E-state index contributed by atoms with van der Waals surface area (Å²) >= 11 is 0. The van der Waals surface area contributed by atoms with E-state index in [9.17, 15) is 19.2 Å². The quantitative estimate of drug-likeness (QED) is 0.0731. The van der Waals surface area contributed by atoms with Gasteiger partial charge in [0.25, 0.3) is 0 Å². The van der Waals surface area contributed by atoms with Crippen molar-refractivity contribution >= 4 is 23.6 Å². The van der Waals surface area contributed by atoms with E-state index in [1.165, 1.54) is 128 Å². The zero-order valence-corrected chi connectivity index (χ0v) is 26.4. The Hall–Kier alpha value is -1.72. The molecule has 234 valence electrons. The molecule has 0 aromatic rings. The number of carbonyl (C=O) groups is 4. The van der Waals surface area contributed by atoms with Crippen molar-refractivity contribution in [1.29, 1.82) is 0 Å². The van der Waals surface area contributed by atoms with Gasteiger partial charge in [-0.15, -0.1) is 0 Å². The van der Waals surface area contributed by atoms with E-state index in [-0.39, 0.29) is 12.8 Å². The van der Waals surface area contributed by atoms with Crippen LogP contribution in [0, 0.1) is 0 Å². The van der Waals surface area contributed by atoms with Crippen molar-refractivity contribution in [3.63, 3.8) is 0 Å². The average Bonchev–Trinajstić information content (AvgIpc) is 2.93. The molecule has 0 aliphatic rings. The largest absolute Gasteiger partial charge is 0.316 e. The first-order valence-corrected chi connectivity index (χ1v) is 17.2. The molecule has 0 bridgehead atoms. The number of nitrogens with one attached hydrogen (secondary N) is 2. The van der Waals surface area contributed by atoms with Gasteiger partial charge in [0, 0.05) is 12.8 Å². The van der Waals surface area contributed by atoms with Gasteiger partial charge in [0.1, 0.15) is 0 Å². The third-order valence-corrected chi connectivity index (χ3v) is 7.73. The molecule has 0 aliphatic carbocycles. The number of unbranched alkanes of at least 4 members (excludes halogenated alkanes) is 24. The molecule has 0 radical (unpaired) electrons. The standard InChI is InChI=1S/C34H64N2O4/c1-3-5-7-9-11-13-15-17-19-21-23-25-27-29-31(37)35-33(39)34(40)36-32(38)30-28-26-24-22-20-18-16-14-12-10-8-6-4-2/h3-30H2,1-2H3,(H,35,37,39)(H,36,38,40). The number of carbonyl (C=O) groups excluding carboxylic acids is 4. The second kappa shape index (κ2) is 30.2. The van der Waals surface area contributed by atoms with Crippen LogP contribution in [0.4, 0.5) is 0 Å². The van der Waals surface area contributed by atoms with Crippen molar-refractivity contribution in [3.05, 3.63) is 0 Å². The molecular weight excluding hydrogens is 500 g/mol. The Morgan fingerprint density at radius 2 is 0.525 bits per heavy atom. The van der Waals surface area contributed by atoms with Crippen LogP contribution in [0.2, 0.25) is 0 Å². The second-order valence-electron chi connectivity index (χ2n) is 11.7. The summed E-state index contributed by atoms with van der Waals surface area (Å²) in [6, 6.07) is 0. The van der Waals surface area contributed by atoms with Crippen molar-refractivity contribution in [2.45, 2.75) is 194 Å². The Morgan fingerprint density at radius 3 is 0.750 bits per heavy atom. The van der Waals surface area contributed by atoms with E-state index in [4.69, 9.17) is 0 Å². The van der Waals surface area contributed by atoms with Crippen LogP contribution >= 0.6 is 0 Å². The van der Waals surface area contributed by atoms with Gasteiger partial charge in [-0.3, -0.25) is 29.8 Å². The fraction of sp³-hybridized carbons (Fsp3) is 0.882. The summed E-state index contributed by atoms with van der Waals surface area (Å²) in [7, 11) is 0. The maximum atomic E-state index is 12.0. The normalized spacial score (nSPS) is 10.9. The molecule has 0 rings (SSSR count). The summed E-state index contributed by atoms with van der Waals surface area (Å²) < 4.78 is 0. The summed E-state index contributed by atoms with van der Waals surface area (Å²) in [6.07, 6.45) is 32.2. The van der Waals surface area contributed by atoms with Crippen LogP contribution in [0.15, 0.2) is 0 Å². The molecule has 0 aromatic carbocycles. The van der Waals surface area contributed by atoms with Crippen LogP contribution in [0.25, 0.3) is 0 Å². The third kappa shape index (κ3) is 27.8. The van der Waals surface area contributed by atoms with Gasteiger partial charge in [0.2, 0.25) is 11.8 Å². The van der Waals surface area contributed by atoms with Gasteiger partial charge >= 0.3 is 11.8 Å². The zero-order valence-electron chi connectivity index (χ0n) is 26.4. The molecule has 40 heavy (non-hydrogen) atoms. The van der Waals surface area contributed by atoms with Crippen LogP contribution in [-0.2, 0) is 19.2 Å². The van der Waals surface area contributed by atoms with Crippen LogP contribution in [0.3, 0.4) is 0 Å². The molecule has 6 nitrogen and oxygen atoms in total. The zero-order chi connectivity index (χ0) is 29.5. The lowest BCUT2D eigenvalue weighted by Gasteiger charge is -2.06. The van der Waals surface area contributed by atoms with Crippen molar-refractivity contribution < 1.29 is 19.2 Å². The van der Waals surface area contributed by atoms with Gasteiger partial charge in [0.15, 0.2) is 0 Å². The minimum Gasteiger partial charge on any atom is -0.288 e. The molecular formula is C34H64N2O4. The Labute approximate surface area is 247 Å². The predicted molar refractivity (Wildman–Crippen MR) is 167 cm³/mol. The minimum atomic E-state index is -1.04. The molecule has 0 fully saturated rings. The van der Waals surface area contributed by atoms with Gasteiger partial charge < -0.3 is 0 Å². The van der Waals surface area contributed by atoms with Crippen LogP contribution in [0.5, 0.6) is 0 Å². The molecule has 0 saturated carbocycles. The fourth-order valence-electron chi connectivity index (χ4n) is 5.10. The number of hydrogen-bond donors (Lipinski definition) is 2. The molecule has 0 spiro atoms. The van der Waals surface area contributed by atoms with E-state index in [2.05, 4.69) is 24.5 Å². The van der Waals surface area contributed by atoms with E-state index < -0.39 is 23.6 Å². The van der Waals surface area contributed by atoms with Gasteiger partial charge in [-0.25, -0.2) is 0 Å². The lowest BCUT2D eigenvalue weighted by Crippen LogP contribution is -2.44. The average molecular weight is 565 g/mol. The van der Waals surface area contributed by atoms with Crippen molar-refractivity contribution in [2.24, 2.45) is 0 Å². The molecule has 2 N–H and O–H groups in total. The third-order valence-electron chi connectivity index (χ3n) is 7.73. The molecule has 0 aromatic heterocycles. The van der Waals surface area contributed by atoms with E-state index in [0.717, 1.165) is 25.7 Å². The highest BCUT2D eigenvalue weighted by Crippen LogP contribution is 2.14. The van der Waals surface area contributed by atoms with E-state index in [0.29, 0.717) is 12.8 Å². The topological polar surface area (TPSA) is 92.3 Å². The van der Waals surface area contributed by atoms with Gasteiger partial charge in [-0.05, 0) is 12.8 Å². The summed E-state index contributed by atoms with van der Waals surface area (Å²) in [5.41, 5.74) is 0. The Morgan fingerprint density at radius 1 is 0.325 bits per heavy atom. The number of hydrogen-bond acceptors (Lipinski definition) is 4. The Bertz CT molecular complexity index is 581. The lowest BCUT2D eigenvalue weighted by molar-refractivity contribution is -0.144. The minimum absolute atomic E-state index is 0.226. The van der Waals surface area contributed by atoms with E-state index in [1.807, 2.05) is 0 Å². The highest BCUT2D eigenvalue weighted by atomic mass is 16.2. The predicted octanol–water partition coefficient (Wildman–Crippen LogP) is 9.23. The monoisotopic (exact) mass is 564 g/mol. The first kappa shape index (κ1) is 38.3. The second-order valence-corrected chi connectivity index (χ2v) is 11.7. The summed E-state index contributed by atoms with van der Waals surface area (Å²) in [5, 5.41) is 4.21. The van der Waals surface area contributed by atoms with Crippen molar-refractivity contribution in [2.75, 3.05) is 0 Å². The van der Waals surface area contributed by atoms with Crippen molar-refractivity contribution in [1.82, 2.24) is 10.6 Å². The van der Waals surface area contributed by atoms with Gasteiger partial charge in [0.05, 0.1) is 0 Å². The van der Waals surface area contributed by atoms with Crippen LogP contribution in [-0.4, -0.2) is 23.6 Å². The molecule has 0 unspecified atom stereocenters. The molecule has 4 amide bonds. The lowest BCUT2D eigenvalue weighted by atomic mass is 10.0. The SMILES string of the molecule is CCCCCCCCCCCCCCCC(=O)NC(=O)C(=O)NC(=O)CCCCCCCCCCCCCCC. The molecule has 6 heteroatoms. The number of rotatable bonds is 28. The smallest absolute Gasteiger partial charge is 0.288 e. The van der Waals surface area contributed by atoms with Crippen LogP contribution < -0.4 is 10.6 Å². The molecule has 0 aliphatic heterocycles. The number of amides is 4. The maximum Gasteiger partial charge on any atom is 0.316 e. The van der Waals surface area contributed by atoms with Gasteiger partial charge in [-0.1, -0.05) is 168 Å². The first-order chi connectivity index (χ1) is 19.5. The van der Waals surface area contributed by atoms with Gasteiger partial charge in [-0.2, -0.15) is 0 Å². The summed E-state index contributed by atoms with van der Waals surface area (Å²) in [4.78, 5) is 47.7. The molecule has 0 saturated heterocycles. The van der Waals surface area contributed by atoms with E-state index in [1.54, 1.807) is 0 Å². The fourth-order valence-corrected chi connectivity index (χ4v) is 5.10. The number of imide groups is 2. The Kier molecular flexibility index (Phi) is 28.9. The first-order valence-electron chi connectivity index (χ1n) is 17.2. The summed E-state index contributed by atoms with van der Waals surface area (Å²) in [6.45, 7) is 4.49. The van der Waals surface area contributed by atoms with E-state index >= 15 is 0 Å². The van der Waals surface area contributed by atoms with Crippen LogP contribution in [0.1, 0.15) is 194 Å². The molecule has 0 atom stereocenters. The highest BCUT2D eigenvalue weighted by Gasteiger charge is 2.18. The van der Waals surface area contributed by atoms with Crippen molar-refractivity contribution in [3.8, 4) is 0 Å². The molecule has 0 heterocycles.